The molecule has 1 saturated heterocycles. The highest BCUT2D eigenvalue weighted by Gasteiger charge is 2.15. The fraction of sp³-hybridized carbons (Fsp3) is 0.588. The lowest BCUT2D eigenvalue weighted by molar-refractivity contribution is 0.0166. The van der Waals surface area contributed by atoms with E-state index in [1.807, 2.05) is 32.0 Å². The molecule has 0 spiro atoms. The maximum atomic E-state index is 12.0. The van der Waals surface area contributed by atoms with Gasteiger partial charge in [-0.25, -0.2) is 0 Å². The molecule has 1 aromatic rings. The van der Waals surface area contributed by atoms with Crippen LogP contribution in [0.2, 0.25) is 0 Å². The first-order valence-electron chi connectivity index (χ1n) is 7.71. The van der Waals surface area contributed by atoms with Crippen LogP contribution >= 0.6 is 0 Å². The monoisotopic (exact) mass is 291 g/mol. The molecular formula is C17H25NO3. The van der Waals surface area contributed by atoms with E-state index >= 15 is 0 Å². The van der Waals surface area contributed by atoms with Gasteiger partial charge in [-0.15, -0.1) is 0 Å². The maximum Gasteiger partial charge on any atom is 0.251 e. The number of rotatable bonds is 7. The van der Waals surface area contributed by atoms with Gasteiger partial charge in [0.25, 0.3) is 5.91 Å². The van der Waals surface area contributed by atoms with Crippen molar-refractivity contribution >= 4 is 5.91 Å². The van der Waals surface area contributed by atoms with Gasteiger partial charge in [-0.05, 0) is 44.7 Å². The second-order valence-electron chi connectivity index (χ2n) is 5.64. The summed E-state index contributed by atoms with van der Waals surface area (Å²) in [4.78, 5) is 12.0. The van der Waals surface area contributed by atoms with Gasteiger partial charge in [0.15, 0.2) is 0 Å². The van der Waals surface area contributed by atoms with Crippen LogP contribution in [0.4, 0.5) is 0 Å². The molecule has 1 unspecified atom stereocenters. The van der Waals surface area contributed by atoms with Crippen LogP contribution in [0.5, 0.6) is 0 Å². The largest absolute Gasteiger partial charge is 0.379 e. The molecule has 1 N–H and O–H groups in total. The predicted octanol–water partition coefficient (Wildman–Crippen LogP) is 2.62. The summed E-state index contributed by atoms with van der Waals surface area (Å²) in [7, 11) is 0. The van der Waals surface area contributed by atoms with E-state index in [1.54, 1.807) is 0 Å². The van der Waals surface area contributed by atoms with Crippen molar-refractivity contribution in [2.75, 3.05) is 26.4 Å². The molecule has 1 aliphatic heterocycles. The van der Waals surface area contributed by atoms with Gasteiger partial charge in [0.05, 0.1) is 12.7 Å². The lowest BCUT2D eigenvalue weighted by Gasteiger charge is -2.11. The van der Waals surface area contributed by atoms with Gasteiger partial charge in [0.2, 0.25) is 0 Å². The molecule has 1 fully saturated rings. The fourth-order valence-electron chi connectivity index (χ4n) is 2.53. The minimum atomic E-state index is -0.00775. The summed E-state index contributed by atoms with van der Waals surface area (Å²) in [5.41, 5.74) is 2.94. The van der Waals surface area contributed by atoms with Gasteiger partial charge in [-0.1, -0.05) is 17.7 Å². The molecule has 21 heavy (non-hydrogen) atoms. The number of ether oxygens (including phenoxy) is 2. The fourth-order valence-corrected chi connectivity index (χ4v) is 2.53. The van der Waals surface area contributed by atoms with Crippen molar-refractivity contribution < 1.29 is 14.3 Å². The van der Waals surface area contributed by atoms with Crippen molar-refractivity contribution in [2.45, 2.75) is 39.2 Å². The predicted molar refractivity (Wildman–Crippen MR) is 82.7 cm³/mol. The van der Waals surface area contributed by atoms with Gasteiger partial charge < -0.3 is 14.8 Å². The van der Waals surface area contributed by atoms with E-state index in [0.717, 1.165) is 37.0 Å². The van der Waals surface area contributed by atoms with Crippen molar-refractivity contribution in [3.05, 3.63) is 34.9 Å². The third-order valence-corrected chi connectivity index (χ3v) is 3.71. The van der Waals surface area contributed by atoms with E-state index in [1.165, 1.54) is 5.56 Å². The van der Waals surface area contributed by atoms with E-state index in [2.05, 4.69) is 5.32 Å². The standard InChI is InChI=1S/C17H25NO3/c1-13-6-7-16(14(2)11-13)17(19)18-8-4-9-20-12-15-5-3-10-21-15/h6-7,11,15H,3-5,8-10,12H2,1-2H3,(H,18,19). The summed E-state index contributed by atoms with van der Waals surface area (Å²) in [5.74, 6) is -0.00775. The molecule has 1 atom stereocenters. The van der Waals surface area contributed by atoms with Crippen molar-refractivity contribution in [1.82, 2.24) is 5.32 Å². The first-order valence-corrected chi connectivity index (χ1v) is 7.71. The van der Waals surface area contributed by atoms with Gasteiger partial charge in [0, 0.05) is 25.3 Å². The van der Waals surface area contributed by atoms with E-state index < -0.39 is 0 Å². The summed E-state index contributed by atoms with van der Waals surface area (Å²) in [5, 5.41) is 2.94. The van der Waals surface area contributed by atoms with Crippen molar-refractivity contribution in [2.24, 2.45) is 0 Å². The second-order valence-corrected chi connectivity index (χ2v) is 5.64. The normalized spacial score (nSPS) is 17.9. The minimum absolute atomic E-state index is 0.00775. The first kappa shape index (κ1) is 16.0. The van der Waals surface area contributed by atoms with Crippen LogP contribution in [0, 0.1) is 13.8 Å². The quantitative estimate of drug-likeness (QED) is 0.786. The zero-order valence-corrected chi connectivity index (χ0v) is 13.0. The maximum absolute atomic E-state index is 12.0. The number of carbonyl (C=O) groups is 1. The van der Waals surface area contributed by atoms with E-state index in [4.69, 9.17) is 9.47 Å². The summed E-state index contributed by atoms with van der Waals surface area (Å²) in [6.07, 6.45) is 3.34. The van der Waals surface area contributed by atoms with Gasteiger partial charge in [0.1, 0.15) is 0 Å². The number of aryl methyl sites for hydroxylation is 2. The van der Waals surface area contributed by atoms with E-state index in [9.17, 15) is 4.79 Å². The number of benzene rings is 1. The Hall–Kier alpha value is -1.39. The van der Waals surface area contributed by atoms with Crippen LogP contribution < -0.4 is 5.32 Å². The first-order chi connectivity index (χ1) is 10.2. The van der Waals surface area contributed by atoms with Crippen LogP contribution in [0.3, 0.4) is 0 Å². The molecule has 0 radical (unpaired) electrons. The Balaban J connectivity index is 1.60. The van der Waals surface area contributed by atoms with Crippen molar-refractivity contribution in [1.29, 1.82) is 0 Å². The molecule has 0 bridgehead atoms. The molecular weight excluding hydrogens is 266 g/mol. The topological polar surface area (TPSA) is 47.6 Å². The van der Waals surface area contributed by atoms with Gasteiger partial charge in [-0.3, -0.25) is 4.79 Å². The lowest BCUT2D eigenvalue weighted by atomic mass is 10.1. The third-order valence-electron chi connectivity index (χ3n) is 3.71. The van der Waals surface area contributed by atoms with Gasteiger partial charge >= 0.3 is 0 Å². The number of hydrogen-bond donors (Lipinski definition) is 1. The zero-order chi connectivity index (χ0) is 15.1. The lowest BCUT2D eigenvalue weighted by Crippen LogP contribution is -2.26. The second kappa shape index (κ2) is 8.15. The SMILES string of the molecule is Cc1ccc(C(=O)NCCCOCC2CCCO2)c(C)c1. The highest BCUT2D eigenvalue weighted by Crippen LogP contribution is 2.12. The molecule has 2 rings (SSSR count). The van der Waals surface area contributed by atoms with Crippen LogP contribution in [0.25, 0.3) is 0 Å². The Morgan fingerprint density at radius 3 is 3.00 bits per heavy atom. The number of hydrogen-bond acceptors (Lipinski definition) is 3. The number of nitrogens with one attached hydrogen (secondary N) is 1. The molecule has 4 heteroatoms. The molecule has 1 aromatic carbocycles. The molecule has 0 saturated carbocycles. The smallest absolute Gasteiger partial charge is 0.251 e. The summed E-state index contributed by atoms with van der Waals surface area (Å²) < 4.78 is 11.1. The Kier molecular flexibility index (Phi) is 6.21. The highest BCUT2D eigenvalue weighted by atomic mass is 16.5. The molecule has 116 valence electrons. The Morgan fingerprint density at radius 1 is 1.43 bits per heavy atom. The van der Waals surface area contributed by atoms with Crippen LogP contribution in [-0.2, 0) is 9.47 Å². The van der Waals surface area contributed by atoms with E-state index in [-0.39, 0.29) is 12.0 Å². The van der Waals surface area contributed by atoms with Crippen molar-refractivity contribution in [3.8, 4) is 0 Å². The Labute approximate surface area is 126 Å². The van der Waals surface area contributed by atoms with Crippen LogP contribution in [0.15, 0.2) is 18.2 Å². The number of amides is 1. The number of carbonyl (C=O) groups excluding carboxylic acids is 1. The average molecular weight is 291 g/mol. The summed E-state index contributed by atoms with van der Waals surface area (Å²) in [6, 6.07) is 5.88. The molecule has 1 heterocycles. The molecule has 0 aromatic heterocycles. The Morgan fingerprint density at radius 2 is 2.29 bits per heavy atom. The highest BCUT2D eigenvalue weighted by molar-refractivity contribution is 5.95. The minimum Gasteiger partial charge on any atom is -0.379 e. The molecule has 1 amide bonds. The average Bonchev–Trinajstić information content (AvgIpc) is 2.95. The van der Waals surface area contributed by atoms with Gasteiger partial charge in [-0.2, -0.15) is 0 Å². The van der Waals surface area contributed by atoms with E-state index in [0.29, 0.717) is 19.8 Å². The van der Waals surface area contributed by atoms with Crippen LogP contribution in [0.1, 0.15) is 40.7 Å². The summed E-state index contributed by atoms with van der Waals surface area (Å²) >= 11 is 0. The zero-order valence-electron chi connectivity index (χ0n) is 13.0. The molecule has 0 aliphatic carbocycles. The van der Waals surface area contributed by atoms with Crippen molar-refractivity contribution in [3.63, 3.8) is 0 Å². The Bertz CT molecular complexity index is 467. The molecule has 1 aliphatic rings. The molecule has 4 nitrogen and oxygen atoms in total. The van der Waals surface area contributed by atoms with Crippen LogP contribution in [-0.4, -0.2) is 38.4 Å². The third kappa shape index (κ3) is 5.14. The summed E-state index contributed by atoms with van der Waals surface area (Å²) in [6.45, 7) is 6.82.